The topological polar surface area (TPSA) is 70.5 Å². The van der Waals surface area contributed by atoms with Crippen LogP contribution in [-0.2, 0) is 28.7 Å². The highest BCUT2D eigenvalue weighted by molar-refractivity contribution is 5.79. The number of alkyl halides is 3. The smallest absolute Gasteiger partial charge is 0.416 e. The molecule has 3 rings (SSSR count). The molecule has 1 heterocycles. The molecule has 0 N–H and O–H groups in total. The SMILES string of the molecule is CCCCc1nc(-c2ccc(C(F)(F)F)cc2)ncc1COc1ccc(OC(C)(C)C(=O)OCC)c(C)c1. The molecular formula is C29H33F3N2O4. The highest BCUT2D eigenvalue weighted by Gasteiger charge is 2.32. The van der Waals surface area contributed by atoms with Crippen LogP contribution in [0.15, 0.2) is 48.7 Å². The molecule has 204 valence electrons. The van der Waals surface area contributed by atoms with E-state index in [9.17, 15) is 18.0 Å². The first-order chi connectivity index (χ1) is 17.9. The lowest BCUT2D eigenvalue weighted by molar-refractivity contribution is -0.158. The van der Waals surface area contributed by atoms with Gasteiger partial charge in [-0.25, -0.2) is 14.8 Å². The summed E-state index contributed by atoms with van der Waals surface area (Å²) in [5.41, 5.74) is 1.05. The summed E-state index contributed by atoms with van der Waals surface area (Å²) in [5.74, 6) is 1.08. The molecule has 0 unspecified atom stereocenters. The maximum Gasteiger partial charge on any atom is 0.416 e. The number of esters is 1. The highest BCUT2D eigenvalue weighted by atomic mass is 19.4. The second-order valence-electron chi connectivity index (χ2n) is 9.39. The lowest BCUT2D eigenvalue weighted by Gasteiger charge is -2.25. The van der Waals surface area contributed by atoms with Crippen molar-refractivity contribution in [1.82, 2.24) is 9.97 Å². The van der Waals surface area contributed by atoms with Crippen molar-refractivity contribution in [3.63, 3.8) is 0 Å². The number of aromatic nitrogens is 2. The van der Waals surface area contributed by atoms with E-state index in [1.54, 1.807) is 39.1 Å². The van der Waals surface area contributed by atoms with Gasteiger partial charge in [-0.3, -0.25) is 0 Å². The van der Waals surface area contributed by atoms with Crippen LogP contribution in [-0.4, -0.2) is 28.1 Å². The van der Waals surface area contributed by atoms with E-state index in [1.807, 2.05) is 13.0 Å². The predicted molar refractivity (Wildman–Crippen MR) is 138 cm³/mol. The molecule has 6 nitrogen and oxygen atoms in total. The third-order valence-corrected chi connectivity index (χ3v) is 5.86. The molecule has 0 aliphatic rings. The quantitative estimate of drug-likeness (QED) is 0.246. The number of benzene rings is 2. The van der Waals surface area contributed by atoms with Gasteiger partial charge in [-0.1, -0.05) is 25.5 Å². The van der Waals surface area contributed by atoms with Crippen LogP contribution in [0.25, 0.3) is 11.4 Å². The average molecular weight is 531 g/mol. The average Bonchev–Trinajstić information content (AvgIpc) is 2.87. The molecule has 2 aromatic carbocycles. The standard InChI is InChI=1S/C29H33F3N2O4/c1-6-8-9-24-21(17-33-26(34-24)20-10-12-22(13-11-20)29(30,31)32)18-37-23-14-15-25(19(3)16-23)38-28(4,5)27(35)36-7-2/h10-17H,6-9,18H2,1-5H3. The lowest BCUT2D eigenvalue weighted by atomic mass is 10.1. The number of rotatable bonds is 11. The Morgan fingerprint density at radius 3 is 2.34 bits per heavy atom. The largest absolute Gasteiger partial charge is 0.489 e. The minimum Gasteiger partial charge on any atom is -0.489 e. The Hall–Kier alpha value is -3.62. The predicted octanol–water partition coefficient (Wildman–Crippen LogP) is 7.11. The highest BCUT2D eigenvalue weighted by Crippen LogP contribution is 2.31. The van der Waals surface area contributed by atoms with Crippen molar-refractivity contribution >= 4 is 5.97 Å². The molecule has 0 radical (unpaired) electrons. The normalized spacial score (nSPS) is 11.8. The molecule has 3 aromatic rings. The van der Waals surface area contributed by atoms with Gasteiger partial charge in [0.15, 0.2) is 11.4 Å². The number of aryl methyl sites for hydroxylation is 2. The Labute approximate surface area is 221 Å². The van der Waals surface area contributed by atoms with Gasteiger partial charge < -0.3 is 14.2 Å². The van der Waals surface area contributed by atoms with E-state index in [4.69, 9.17) is 14.2 Å². The van der Waals surface area contributed by atoms with Crippen LogP contribution < -0.4 is 9.47 Å². The fraction of sp³-hybridized carbons (Fsp3) is 0.414. The first-order valence-electron chi connectivity index (χ1n) is 12.6. The molecule has 0 saturated carbocycles. The summed E-state index contributed by atoms with van der Waals surface area (Å²) in [4.78, 5) is 21.2. The Balaban J connectivity index is 1.75. The van der Waals surface area contributed by atoms with Crippen molar-refractivity contribution in [3.8, 4) is 22.9 Å². The third-order valence-electron chi connectivity index (χ3n) is 5.86. The summed E-state index contributed by atoms with van der Waals surface area (Å²) in [5, 5.41) is 0. The number of ether oxygens (including phenoxy) is 3. The van der Waals surface area contributed by atoms with E-state index < -0.39 is 23.3 Å². The molecule has 38 heavy (non-hydrogen) atoms. The Morgan fingerprint density at radius 2 is 1.74 bits per heavy atom. The van der Waals surface area contributed by atoms with E-state index >= 15 is 0 Å². The van der Waals surface area contributed by atoms with Crippen molar-refractivity contribution < 1.29 is 32.2 Å². The second kappa shape index (κ2) is 12.3. The number of halogens is 3. The van der Waals surface area contributed by atoms with E-state index in [-0.39, 0.29) is 13.2 Å². The third kappa shape index (κ3) is 7.46. The fourth-order valence-corrected chi connectivity index (χ4v) is 3.68. The van der Waals surface area contributed by atoms with E-state index in [1.165, 1.54) is 12.1 Å². The van der Waals surface area contributed by atoms with Crippen molar-refractivity contribution in [1.29, 1.82) is 0 Å². The van der Waals surface area contributed by atoms with Gasteiger partial charge >= 0.3 is 12.1 Å². The second-order valence-corrected chi connectivity index (χ2v) is 9.39. The molecule has 0 saturated heterocycles. The molecule has 0 aliphatic carbocycles. The van der Waals surface area contributed by atoms with Gasteiger partial charge in [0.25, 0.3) is 0 Å². The van der Waals surface area contributed by atoms with E-state index in [0.29, 0.717) is 29.3 Å². The van der Waals surface area contributed by atoms with Crippen LogP contribution in [0, 0.1) is 6.92 Å². The fourth-order valence-electron chi connectivity index (χ4n) is 3.68. The molecule has 0 fully saturated rings. The van der Waals surface area contributed by atoms with Crippen LogP contribution >= 0.6 is 0 Å². The molecular weight excluding hydrogens is 497 g/mol. The number of nitrogens with zero attached hydrogens (tertiary/aromatic N) is 2. The summed E-state index contributed by atoms with van der Waals surface area (Å²) >= 11 is 0. The Morgan fingerprint density at radius 1 is 1.03 bits per heavy atom. The first kappa shape index (κ1) is 28.9. The van der Waals surface area contributed by atoms with Gasteiger partial charge in [0.1, 0.15) is 18.1 Å². The monoisotopic (exact) mass is 530 g/mol. The summed E-state index contributed by atoms with van der Waals surface area (Å²) in [7, 11) is 0. The van der Waals surface area contributed by atoms with Gasteiger partial charge in [-0.15, -0.1) is 0 Å². The van der Waals surface area contributed by atoms with Gasteiger partial charge in [-0.2, -0.15) is 13.2 Å². The number of unbranched alkanes of at least 4 members (excludes halogenated alkanes) is 1. The van der Waals surface area contributed by atoms with Gasteiger partial charge in [0.2, 0.25) is 0 Å². The maximum atomic E-state index is 12.9. The zero-order valence-electron chi connectivity index (χ0n) is 22.3. The summed E-state index contributed by atoms with van der Waals surface area (Å²) in [6.07, 6.45) is -0.176. The van der Waals surface area contributed by atoms with Crippen LogP contribution in [0.1, 0.15) is 62.9 Å². The molecule has 0 atom stereocenters. The summed E-state index contributed by atoms with van der Waals surface area (Å²) < 4.78 is 55.7. The molecule has 1 aromatic heterocycles. The van der Waals surface area contributed by atoms with Gasteiger partial charge in [-0.05, 0) is 76.4 Å². The zero-order chi connectivity index (χ0) is 27.9. The molecule has 0 aliphatic heterocycles. The van der Waals surface area contributed by atoms with Crippen LogP contribution in [0.4, 0.5) is 13.2 Å². The van der Waals surface area contributed by atoms with Gasteiger partial charge in [0.05, 0.1) is 17.9 Å². The lowest BCUT2D eigenvalue weighted by Crippen LogP contribution is -2.39. The van der Waals surface area contributed by atoms with Crippen molar-refractivity contribution in [2.24, 2.45) is 0 Å². The molecule has 0 spiro atoms. The number of carbonyl (C=O) groups is 1. The zero-order valence-corrected chi connectivity index (χ0v) is 22.3. The first-order valence-corrected chi connectivity index (χ1v) is 12.6. The minimum atomic E-state index is -4.40. The molecule has 0 amide bonds. The number of carbonyl (C=O) groups excluding carboxylic acids is 1. The summed E-state index contributed by atoms with van der Waals surface area (Å²) in [6.45, 7) is 9.48. The van der Waals surface area contributed by atoms with Crippen LogP contribution in [0.3, 0.4) is 0 Å². The minimum absolute atomic E-state index is 0.223. The van der Waals surface area contributed by atoms with E-state index in [2.05, 4.69) is 16.9 Å². The van der Waals surface area contributed by atoms with Crippen molar-refractivity contribution in [2.45, 2.75) is 72.3 Å². The van der Waals surface area contributed by atoms with Crippen LogP contribution in [0.5, 0.6) is 11.5 Å². The molecule has 9 heteroatoms. The van der Waals surface area contributed by atoms with Gasteiger partial charge in [0, 0.05) is 17.3 Å². The van der Waals surface area contributed by atoms with E-state index in [0.717, 1.165) is 41.8 Å². The number of hydrogen-bond donors (Lipinski definition) is 0. The Bertz CT molecular complexity index is 1240. The molecule has 0 bridgehead atoms. The maximum absolute atomic E-state index is 12.9. The summed E-state index contributed by atoms with van der Waals surface area (Å²) in [6, 6.07) is 10.2. The van der Waals surface area contributed by atoms with Crippen molar-refractivity contribution in [3.05, 3.63) is 71.0 Å². The Kier molecular flexibility index (Phi) is 9.36. The van der Waals surface area contributed by atoms with Crippen LogP contribution in [0.2, 0.25) is 0 Å². The number of hydrogen-bond acceptors (Lipinski definition) is 6. The van der Waals surface area contributed by atoms with Crippen molar-refractivity contribution in [2.75, 3.05) is 6.61 Å².